The van der Waals surface area contributed by atoms with Crippen LogP contribution in [0.25, 0.3) is 0 Å². The SMILES string of the molecule is CCCNS(=O)(=O)N(CCCN)Cc1ccccc1. The van der Waals surface area contributed by atoms with Crippen LogP contribution in [0.3, 0.4) is 0 Å². The fourth-order valence-corrected chi connectivity index (χ4v) is 2.99. The van der Waals surface area contributed by atoms with E-state index in [1.165, 1.54) is 4.31 Å². The molecule has 0 aliphatic heterocycles. The zero-order valence-electron chi connectivity index (χ0n) is 11.4. The highest BCUT2D eigenvalue weighted by atomic mass is 32.2. The summed E-state index contributed by atoms with van der Waals surface area (Å²) in [4.78, 5) is 0. The van der Waals surface area contributed by atoms with E-state index in [0.717, 1.165) is 12.0 Å². The molecule has 0 amide bonds. The van der Waals surface area contributed by atoms with E-state index in [1.807, 2.05) is 37.3 Å². The molecule has 1 aromatic carbocycles. The number of nitrogens with two attached hydrogens (primary N) is 1. The molecule has 19 heavy (non-hydrogen) atoms. The molecule has 5 nitrogen and oxygen atoms in total. The van der Waals surface area contributed by atoms with E-state index in [-0.39, 0.29) is 0 Å². The normalized spacial score (nSPS) is 11.9. The van der Waals surface area contributed by atoms with E-state index in [4.69, 9.17) is 5.73 Å². The highest BCUT2D eigenvalue weighted by Gasteiger charge is 2.20. The maximum absolute atomic E-state index is 12.2. The summed E-state index contributed by atoms with van der Waals surface area (Å²) < 4.78 is 28.4. The summed E-state index contributed by atoms with van der Waals surface area (Å²) in [5, 5.41) is 0. The first-order valence-electron chi connectivity index (χ1n) is 6.59. The third-order valence-electron chi connectivity index (χ3n) is 2.69. The molecule has 0 aromatic heterocycles. The highest BCUT2D eigenvalue weighted by Crippen LogP contribution is 2.08. The quantitative estimate of drug-likeness (QED) is 0.713. The summed E-state index contributed by atoms with van der Waals surface area (Å²) in [6, 6.07) is 9.57. The van der Waals surface area contributed by atoms with Gasteiger partial charge in [-0.25, -0.2) is 4.72 Å². The van der Waals surface area contributed by atoms with Crippen molar-refractivity contribution in [1.82, 2.24) is 9.03 Å². The van der Waals surface area contributed by atoms with Crippen molar-refractivity contribution < 1.29 is 8.42 Å². The Kier molecular flexibility index (Phi) is 7.01. The van der Waals surface area contributed by atoms with E-state index in [2.05, 4.69) is 4.72 Å². The minimum absolute atomic E-state index is 0.375. The summed E-state index contributed by atoms with van der Waals surface area (Å²) >= 11 is 0. The largest absolute Gasteiger partial charge is 0.330 e. The van der Waals surface area contributed by atoms with Crippen molar-refractivity contribution in [3.63, 3.8) is 0 Å². The van der Waals surface area contributed by atoms with Gasteiger partial charge in [0.15, 0.2) is 0 Å². The van der Waals surface area contributed by atoms with Gasteiger partial charge in [-0.3, -0.25) is 0 Å². The Labute approximate surface area is 116 Å². The molecular formula is C13H23N3O2S. The lowest BCUT2D eigenvalue weighted by molar-refractivity contribution is 0.394. The summed E-state index contributed by atoms with van der Waals surface area (Å²) in [6.07, 6.45) is 1.43. The van der Waals surface area contributed by atoms with Gasteiger partial charge in [0.2, 0.25) is 0 Å². The first-order valence-corrected chi connectivity index (χ1v) is 8.03. The van der Waals surface area contributed by atoms with Gasteiger partial charge in [-0.2, -0.15) is 12.7 Å². The standard InChI is InChI=1S/C13H23N3O2S/c1-2-10-15-19(17,18)16(11-6-9-14)12-13-7-4-3-5-8-13/h3-5,7-8,15H,2,6,9-12,14H2,1H3. The zero-order chi connectivity index (χ0) is 14.1. The molecule has 6 heteroatoms. The van der Waals surface area contributed by atoms with Gasteiger partial charge in [0.05, 0.1) is 0 Å². The topological polar surface area (TPSA) is 75.4 Å². The molecule has 0 radical (unpaired) electrons. The molecule has 0 saturated heterocycles. The van der Waals surface area contributed by atoms with Crippen molar-refractivity contribution in [2.75, 3.05) is 19.6 Å². The number of nitrogens with zero attached hydrogens (tertiary/aromatic N) is 1. The molecule has 0 fully saturated rings. The van der Waals surface area contributed by atoms with Crippen LogP contribution in [-0.2, 0) is 16.8 Å². The average Bonchev–Trinajstić information content (AvgIpc) is 2.42. The number of hydrogen-bond acceptors (Lipinski definition) is 3. The second-order valence-electron chi connectivity index (χ2n) is 4.36. The van der Waals surface area contributed by atoms with Crippen LogP contribution in [0.15, 0.2) is 30.3 Å². The van der Waals surface area contributed by atoms with E-state index in [9.17, 15) is 8.42 Å². The highest BCUT2D eigenvalue weighted by molar-refractivity contribution is 7.87. The van der Waals surface area contributed by atoms with Crippen molar-refractivity contribution >= 4 is 10.2 Å². The van der Waals surface area contributed by atoms with Gasteiger partial charge < -0.3 is 5.73 Å². The van der Waals surface area contributed by atoms with Crippen LogP contribution in [0.1, 0.15) is 25.3 Å². The molecule has 1 aromatic rings. The predicted octanol–water partition coefficient (Wildman–Crippen LogP) is 1.08. The maximum atomic E-state index is 12.2. The minimum atomic E-state index is -3.43. The van der Waals surface area contributed by atoms with Crippen LogP contribution >= 0.6 is 0 Å². The number of nitrogens with one attached hydrogen (secondary N) is 1. The second kappa shape index (κ2) is 8.27. The Bertz CT molecular complexity index is 448. The molecular weight excluding hydrogens is 262 g/mol. The van der Waals surface area contributed by atoms with E-state index in [1.54, 1.807) is 0 Å². The Morgan fingerprint density at radius 1 is 1.26 bits per heavy atom. The van der Waals surface area contributed by atoms with E-state index < -0.39 is 10.2 Å². The zero-order valence-corrected chi connectivity index (χ0v) is 12.2. The molecule has 0 aliphatic rings. The number of benzene rings is 1. The lowest BCUT2D eigenvalue weighted by Gasteiger charge is -2.22. The predicted molar refractivity (Wildman–Crippen MR) is 77.7 cm³/mol. The van der Waals surface area contributed by atoms with Crippen molar-refractivity contribution in [2.24, 2.45) is 5.73 Å². The van der Waals surface area contributed by atoms with Crippen molar-refractivity contribution in [1.29, 1.82) is 0 Å². The fraction of sp³-hybridized carbons (Fsp3) is 0.538. The summed E-state index contributed by atoms with van der Waals surface area (Å²) in [5.41, 5.74) is 6.45. The van der Waals surface area contributed by atoms with Crippen LogP contribution in [-0.4, -0.2) is 32.4 Å². The average molecular weight is 285 g/mol. The first-order chi connectivity index (χ1) is 9.10. The third-order valence-corrected chi connectivity index (χ3v) is 4.25. The molecule has 0 atom stereocenters. The monoisotopic (exact) mass is 285 g/mol. The Morgan fingerprint density at radius 3 is 2.53 bits per heavy atom. The fourth-order valence-electron chi connectivity index (χ4n) is 1.66. The second-order valence-corrected chi connectivity index (χ2v) is 6.12. The number of rotatable bonds is 9. The lowest BCUT2D eigenvalue weighted by atomic mass is 10.2. The minimum Gasteiger partial charge on any atom is -0.330 e. The molecule has 0 bridgehead atoms. The Balaban J connectivity index is 2.76. The smallest absolute Gasteiger partial charge is 0.279 e. The van der Waals surface area contributed by atoms with Gasteiger partial charge in [0.1, 0.15) is 0 Å². The van der Waals surface area contributed by atoms with Crippen molar-refractivity contribution in [3.05, 3.63) is 35.9 Å². The van der Waals surface area contributed by atoms with Crippen molar-refractivity contribution in [3.8, 4) is 0 Å². The van der Waals surface area contributed by atoms with Gasteiger partial charge >= 0.3 is 0 Å². The lowest BCUT2D eigenvalue weighted by Crippen LogP contribution is -2.41. The van der Waals surface area contributed by atoms with Gasteiger partial charge in [-0.05, 0) is 24.9 Å². The molecule has 108 valence electrons. The molecule has 3 N–H and O–H groups in total. The van der Waals surface area contributed by atoms with Crippen LogP contribution in [0.4, 0.5) is 0 Å². The van der Waals surface area contributed by atoms with Gasteiger partial charge in [-0.1, -0.05) is 37.3 Å². The molecule has 0 saturated carbocycles. The van der Waals surface area contributed by atoms with Crippen LogP contribution in [0, 0.1) is 0 Å². The molecule has 0 aliphatic carbocycles. The molecule has 0 spiro atoms. The summed E-state index contributed by atoms with van der Waals surface area (Å²) in [5.74, 6) is 0. The van der Waals surface area contributed by atoms with E-state index in [0.29, 0.717) is 32.6 Å². The first kappa shape index (κ1) is 16.1. The molecule has 0 unspecified atom stereocenters. The Hall–Kier alpha value is -0.950. The van der Waals surface area contributed by atoms with Gasteiger partial charge in [0, 0.05) is 19.6 Å². The van der Waals surface area contributed by atoms with Crippen LogP contribution in [0.2, 0.25) is 0 Å². The van der Waals surface area contributed by atoms with Crippen molar-refractivity contribution in [2.45, 2.75) is 26.3 Å². The summed E-state index contributed by atoms with van der Waals surface area (Å²) in [7, 11) is -3.43. The maximum Gasteiger partial charge on any atom is 0.279 e. The molecule has 1 rings (SSSR count). The van der Waals surface area contributed by atoms with E-state index >= 15 is 0 Å². The van der Waals surface area contributed by atoms with Gasteiger partial charge in [0.25, 0.3) is 10.2 Å². The van der Waals surface area contributed by atoms with Crippen LogP contribution in [0.5, 0.6) is 0 Å². The summed E-state index contributed by atoms with van der Waals surface area (Å²) in [6.45, 7) is 3.68. The Morgan fingerprint density at radius 2 is 1.95 bits per heavy atom. The van der Waals surface area contributed by atoms with Gasteiger partial charge in [-0.15, -0.1) is 0 Å². The molecule has 0 heterocycles. The number of hydrogen-bond donors (Lipinski definition) is 2. The third kappa shape index (κ3) is 5.69. The van der Waals surface area contributed by atoms with Crippen LogP contribution < -0.4 is 10.5 Å².